The van der Waals surface area contributed by atoms with Gasteiger partial charge in [-0.15, -0.1) is 4.40 Å². The summed E-state index contributed by atoms with van der Waals surface area (Å²) in [4.78, 5) is 2.13. The highest BCUT2D eigenvalue weighted by Gasteiger charge is 2.30. The molecule has 0 fully saturated rings. The summed E-state index contributed by atoms with van der Waals surface area (Å²) in [5.41, 5.74) is 6.25. The molecule has 0 spiro atoms. The third kappa shape index (κ3) is 2.26. The van der Waals surface area contributed by atoms with E-state index in [9.17, 15) is 8.42 Å². The lowest BCUT2D eigenvalue weighted by molar-refractivity contribution is 0.410. The van der Waals surface area contributed by atoms with Gasteiger partial charge in [-0.3, -0.25) is 0 Å². The van der Waals surface area contributed by atoms with Crippen LogP contribution < -0.4 is 5.73 Å². The van der Waals surface area contributed by atoms with Gasteiger partial charge in [0.15, 0.2) is 5.84 Å². The summed E-state index contributed by atoms with van der Waals surface area (Å²) >= 11 is 0. The Hall–Kier alpha value is -1.40. The summed E-state index contributed by atoms with van der Waals surface area (Å²) in [5.74, 6) is 0.791. The van der Waals surface area contributed by atoms with Gasteiger partial charge in [0.2, 0.25) is 0 Å². The normalized spacial score (nSPS) is 18.1. The Labute approximate surface area is 107 Å². The summed E-state index contributed by atoms with van der Waals surface area (Å²) in [6.07, 6.45) is 0. The van der Waals surface area contributed by atoms with Crippen molar-refractivity contribution in [2.75, 3.05) is 20.1 Å². The molecule has 1 atom stereocenters. The Kier molecular flexibility index (Phi) is 3.41. The van der Waals surface area contributed by atoms with Gasteiger partial charge in [0.05, 0.1) is 0 Å². The van der Waals surface area contributed by atoms with Crippen molar-refractivity contribution < 1.29 is 8.42 Å². The number of benzene rings is 1. The molecule has 5 nitrogen and oxygen atoms in total. The summed E-state index contributed by atoms with van der Waals surface area (Å²) in [6.45, 7) is 3.26. The van der Waals surface area contributed by atoms with Gasteiger partial charge >= 0.3 is 0 Å². The highest BCUT2D eigenvalue weighted by Crippen LogP contribution is 2.27. The van der Waals surface area contributed by atoms with Crippen LogP contribution in [0, 0.1) is 5.92 Å². The van der Waals surface area contributed by atoms with Gasteiger partial charge in [-0.2, -0.15) is 8.42 Å². The molecule has 6 heteroatoms. The van der Waals surface area contributed by atoms with Crippen LogP contribution in [0.2, 0.25) is 0 Å². The molecule has 1 heterocycles. The van der Waals surface area contributed by atoms with E-state index in [4.69, 9.17) is 5.73 Å². The van der Waals surface area contributed by atoms with Gasteiger partial charge in [0, 0.05) is 19.2 Å². The second-order valence-electron chi connectivity index (χ2n) is 4.61. The van der Waals surface area contributed by atoms with Crippen molar-refractivity contribution in [2.45, 2.75) is 11.8 Å². The Morgan fingerprint density at radius 1 is 1.39 bits per heavy atom. The van der Waals surface area contributed by atoms with E-state index in [0.29, 0.717) is 24.5 Å². The van der Waals surface area contributed by atoms with Crippen molar-refractivity contribution >= 4 is 15.9 Å². The van der Waals surface area contributed by atoms with Gasteiger partial charge in [0.1, 0.15) is 4.90 Å². The monoisotopic (exact) mass is 267 g/mol. The molecule has 1 aliphatic heterocycles. The Morgan fingerprint density at radius 2 is 2.06 bits per heavy atom. The molecule has 1 aromatic rings. The lowest BCUT2D eigenvalue weighted by Gasteiger charge is -2.22. The predicted octanol–water partition coefficient (Wildman–Crippen LogP) is 0.662. The Bertz CT molecular complexity index is 581. The first-order chi connectivity index (χ1) is 8.45. The van der Waals surface area contributed by atoms with Gasteiger partial charge in [0.25, 0.3) is 10.0 Å². The highest BCUT2D eigenvalue weighted by atomic mass is 32.2. The van der Waals surface area contributed by atoms with Crippen LogP contribution >= 0.6 is 0 Å². The smallest absolute Gasteiger partial charge is 0.285 e. The lowest BCUT2D eigenvalue weighted by atomic mass is 10.1. The van der Waals surface area contributed by atoms with Crippen LogP contribution in [0.15, 0.2) is 33.6 Å². The second kappa shape index (κ2) is 4.70. The number of rotatable bonds is 3. The standard InChI is InChI=1S/C12H17N3O2S/c1-9(7-13)8-15(2)12-10-5-3-4-6-11(10)18(16,17)14-12/h3-6,9H,7-8,13H2,1-2H3. The number of sulfonamides is 1. The van der Waals surface area contributed by atoms with E-state index in [1.54, 1.807) is 18.2 Å². The maximum atomic E-state index is 11.9. The number of hydrogen-bond donors (Lipinski definition) is 1. The number of hydrogen-bond acceptors (Lipinski definition) is 4. The first-order valence-electron chi connectivity index (χ1n) is 5.81. The van der Waals surface area contributed by atoms with Crippen LogP contribution in [0.25, 0.3) is 0 Å². The SMILES string of the molecule is CC(CN)CN(C)C1=NS(=O)(=O)c2ccccc21. The second-order valence-corrected chi connectivity index (χ2v) is 6.18. The molecular formula is C12H17N3O2S. The summed E-state index contributed by atoms with van der Waals surface area (Å²) in [7, 11) is -1.69. The van der Waals surface area contributed by atoms with Gasteiger partial charge in [-0.25, -0.2) is 0 Å². The van der Waals surface area contributed by atoms with E-state index < -0.39 is 10.0 Å². The molecule has 2 N–H and O–H groups in total. The van der Waals surface area contributed by atoms with Crippen LogP contribution in [0.5, 0.6) is 0 Å². The minimum absolute atomic E-state index is 0.284. The topological polar surface area (TPSA) is 75.8 Å². The zero-order valence-corrected chi connectivity index (χ0v) is 11.3. The molecule has 0 aromatic heterocycles. The lowest BCUT2D eigenvalue weighted by Crippen LogP contribution is -2.33. The van der Waals surface area contributed by atoms with Crippen LogP contribution in [0.4, 0.5) is 0 Å². The van der Waals surface area contributed by atoms with E-state index >= 15 is 0 Å². The average Bonchev–Trinajstić information content (AvgIpc) is 2.62. The maximum Gasteiger partial charge on any atom is 0.285 e. The number of fused-ring (bicyclic) bond motifs is 1. The van der Waals surface area contributed by atoms with Crippen LogP contribution in [-0.2, 0) is 10.0 Å². The Balaban J connectivity index is 2.36. The summed E-state index contributed by atoms with van der Waals surface area (Å²) in [6, 6.07) is 6.89. The van der Waals surface area contributed by atoms with Gasteiger partial charge in [-0.1, -0.05) is 19.1 Å². The van der Waals surface area contributed by atoms with Crippen LogP contribution in [0.3, 0.4) is 0 Å². The number of nitrogens with two attached hydrogens (primary N) is 1. The van der Waals surface area contributed by atoms with E-state index in [0.717, 1.165) is 0 Å². The average molecular weight is 267 g/mol. The molecule has 0 saturated heterocycles. The summed E-state index contributed by atoms with van der Waals surface area (Å²) in [5, 5.41) is 0. The fourth-order valence-electron chi connectivity index (χ4n) is 1.99. The van der Waals surface area contributed by atoms with Crippen LogP contribution in [-0.4, -0.2) is 39.3 Å². The first-order valence-corrected chi connectivity index (χ1v) is 7.25. The van der Waals surface area contributed by atoms with E-state index in [1.807, 2.05) is 24.9 Å². The largest absolute Gasteiger partial charge is 0.358 e. The maximum absolute atomic E-state index is 11.9. The molecule has 0 bridgehead atoms. The summed E-state index contributed by atoms with van der Waals surface area (Å²) < 4.78 is 27.6. The van der Waals surface area contributed by atoms with Crippen LogP contribution in [0.1, 0.15) is 12.5 Å². The number of amidine groups is 1. The van der Waals surface area contributed by atoms with E-state index in [2.05, 4.69) is 4.40 Å². The molecular weight excluding hydrogens is 250 g/mol. The molecule has 98 valence electrons. The molecule has 1 unspecified atom stereocenters. The molecule has 0 amide bonds. The van der Waals surface area contributed by atoms with Gasteiger partial charge < -0.3 is 10.6 Å². The highest BCUT2D eigenvalue weighted by molar-refractivity contribution is 7.90. The van der Waals surface area contributed by atoms with Crippen molar-refractivity contribution in [1.82, 2.24) is 4.90 Å². The quantitative estimate of drug-likeness (QED) is 0.873. The van der Waals surface area contributed by atoms with Crippen molar-refractivity contribution in [3.05, 3.63) is 29.8 Å². The fourth-order valence-corrected chi connectivity index (χ4v) is 3.24. The molecule has 0 radical (unpaired) electrons. The minimum atomic E-state index is -3.53. The van der Waals surface area contributed by atoms with Crippen molar-refractivity contribution in [2.24, 2.45) is 16.0 Å². The first kappa shape index (κ1) is 13.0. The molecule has 0 saturated carbocycles. The van der Waals surface area contributed by atoms with E-state index in [-0.39, 0.29) is 10.8 Å². The zero-order valence-electron chi connectivity index (χ0n) is 10.5. The molecule has 18 heavy (non-hydrogen) atoms. The number of nitrogens with zero attached hydrogens (tertiary/aromatic N) is 2. The minimum Gasteiger partial charge on any atom is -0.358 e. The van der Waals surface area contributed by atoms with Crippen molar-refractivity contribution in [3.63, 3.8) is 0 Å². The predicted molar refractivity (Wildman–Crippen MR) is 71.0 cm³/mol. The molecule has 2 rings (SSSR count). The van der Waals surface area contributed by atoms with Crippen molar-refractivity contribution in [3.8, 4) is 0 Å². The molecule has 0 aliphatic carbocycles. The van der Waals surface area contributed by atoms with E-state index in [1.165, 1.54) is 0 Å². The Morgan fingerprint density at radius 3 is 2.72 bits per heavy atom. The van der Waals surface area contributed by atoms with Crippen molar-refractivity contribution in [1.29, 1.82) is 0 Å². The fraction of sp³-hybridized carbons (Fsp3) is 0.417. The van der Waals surface area contributed by atoms with Gasteiger partial charge in [-0.05, 0) is 24.6 Å². The third-order valence-corrected chi connectivity index (χ3v) is 4.29. The zero-order chi connectivity index (χ0) is 13.3. The third-order valence-electron chi connectivity index (χ3n) is 2.96. The molecule has 1 aromatic carbocycles. The molecule has 1 aliphatic rings.